The van der Waals surface area contributed by atoms with Crippen LogP contribution in [-0.4, -0.2) is 16.9 Å². The summed E-state index contributed by atoms with van der Waals surface area (Å²) in [6.45, 7) is 14.1. The molecule has 5 aliphatic rings. The molecule has 0 radical (unpaired) electrons. The summed E-state index contributed by atoms with van der Waals surface area (Å²) in [5, 5.41) is 10.0. The minimum absolute atomic E-state index is 0.0993. The number of rotatable bonds is 1. The van der Waals surface area contributed by atoms with Gasteiger partial charge in [0.2, 0.25) is 0 Å². The predicted molar refractivity (Wildman–Crippen MR) is 127 cm³/mol. The molecule has 0 aromatic rings. The Hall–Kier alpha value is -1.12. The van der Waals surface area contributed by atoms with E-state index in [1.54, 1.807) is 5.57 Å². The third-order valence-corrected chi connectivity index (χ3v) is 11.7. The van der Waals surface area contributed by atoms with E-state index in [-0.39, 0.29) is 27.6 Å². The quantitative estimate of drug-likeness (QED) is 0.451. The zero-order chi connectivity index (χ0) is 23.3. The number of ketones is 1. The standard InChI is InChI=1S/C29H44O3/c1-26(2)15-19-17(20(16-26)25(31)32)7-9-21-18(19)8-10-23-28(21,5)13-11-22-27(3,4)24(30)12-14-29(22,23)6/h8,17,19-23H,7,9-16H2,1-6H3,(H,31,32)/t17?,19?,20-,21?,22?,23?,28+,29+/m1/s1. The smallest absolute Gasteiger partial charge is 0.306 e. The highest BCUT2D eigenvalue weighted by Gasteiger charge is 2.64. The van der Waals surface area contributed by atoms with Gasteiger partial charge in [-0.2, -0.15) is 0 Å². The number of hydrogen-bond acceptors (Lipinski definition) is 2. The second kappa shape index (κ2) is 6.95. The Morgan fingerprint density at radius 1 is 0.938 bits per heavy atom. The van der Waals surface area contributed by atoms with Gasteiger partial charge < -0.3 is 5.11 Å². The summed E-state index contributed by atoms with van der Waals surface area (Å²) >= 11 is 0. The molecule has 3 nitrogen and oxygen atoms in total. The van der Waals surface area contributed by atoms with E-state index in [0.29, 0.717) is 35.4 Å². The Morgan fingerprint density at radius 2 is 1.66 bits per heavy atom. The molecule has 3 heteroatoms. The van der Waals surface area contributed by atoms with Crippen LogP contribution in [0.2, 0.25) is 0 Å². The summed E-state index contributed by atoms with van der Waals surface area (Å²) in [6.07, 6.45) is 12.1. The van der Waals surface area contributed by atoms with Crippen molar-refractivity contribution in [3.63, 3.8) is 0 Å². The lowest BCUT2D eigenvalue weighted by atomic mass is 9.38. The summed E-state index contributed by atoms with van der Waals surface area (Å²) in [5.74, 6) is 2.21. The molecule has 32 heavy (non-hydrogen) atoms. The molecule has 0 aromatic carbocycles. The topological polar surface area (TPSA) is 54.4 Å². The van der Waals surface area contributed by atoms with Gasteiger partial charge in [0.1, 0.15) is 5.78 Å². The van der Waals surface area contributed by atoms with Gasteiger partial charge in [0, 0.05) is 11.8 Å². The van der Waals surface area contributed by atoms with Crippen molar-refractivity contribution in [3.05, 3.63) is 11.6 Å². The highest BCUT2D eigenvalue weighted by Crippen LogP contribution is 2.70. The van der Waals surface area contributed by atoms with Crippen LogP contribution in [0.15, 0.2) is 11.6 Å². The first-order chi connectivity index (χ1) is 14.8. The highest BCUT2D eigenvalue weighted by molar-refractivity contribution is 5.85. The summed E-state index contributed by atoms with van der Waals surface area (Å²) in [7, 11) is 0. The van der Waals surface area contributed by atoms with Gasteiger partial charge in [-0.25, -0.2) is 0 Å². The molecule has 0 bridgehead atoms. The van der Waals surface area contributed by atoms with Gasteiger partial charge >= 0.3 is 5.97 Å². The molecule has 8 atom stereocenters. The molecular formula is C29H44O3. The van der Waals surface area contributed by atoms with Crippen molar-refractivity contribution in [2.45, 2.75) is 99.3 Å². The fourth-order valence-electron chi connectivity index (χ4n) is 10.3. The molecule has 0 amide bonds. The maximum Gasteiger partial charge on any atom is 0.306 e. The zero-order valence-electron chi connectivity index (χ0n) is 21.2. The van der Waals surface area contributed by atoms with Crippen LogP contribution < -0.4 is 0 Å². The van der Waals surface area contributed by atoms with Crippen molar-refractivity contribution >= 4 is 11.8 Å². The van der Waals surface area contributed by atoms with Crippen LogP contribution in [0, 0.1) is 57.2 Å². The Labute approximate surface area is 194 Å². The minimum Gasteiger partial charge on any atom is -0.481 e. The molecule has 0 saturated heterocycles. The van der Waals surface area contributed by atoms with Crippen molar-refractivity contribution in [2.24, 2.45) is 57.2 Å². The SMILES string of the molecule is CC1(C)CC2C3=CCC4[C@@](C)(CCC5C(C)(C)C(=O)CC[C@@]54C)C3CCC2[C@H](C(=O)O)C1. The van der Waals surface area contributed by atoms with Gasteiger partial charge in [0.15, 0.2) is 0 Å². The van der Waals surface area contributed by atoms with Crippen LogP contribution in [-0.2, 0) is 9.59 Å². The molecule has 5 rings (SSSR count). The summed E-state index contributed by atoms with van der Waals surface area (Å²) in [6, 6.07) is 0. The van der Waals surface area contributed by atoms with E-state index in [1.165, 1.54) is 12.8 Å². The van der Waals surface area contributed by atoms with Crippen LogP contribution in [0.1, 0.15) is 99.3 Å². The summed E-state index contributed by atoms with van der Waals surface area (Å²) in [4.78, 5) is 25.0. The van der Waals surface area contributed by atoms with Crippen molar-refractivity contribution in [1.82, 2.24) is 0 Å². The molecule has 4 saturated carbocycles. The predicted octanol–water partition coefficient (Wildman–Crippen LogP) is 6.91. The van der Waals surface area contributed by atoms with Crippen LogP contribution in [0.5, 0.6) is 0 Å². The van der Waals surface area contributed by atoms with Gasteiger partial charge in [0.25, 0.3) is 0 Å². The normalized spacial score (nSPS) is 49.1. The number of carbonyl (C=O) groups is 2. The molecule has 1 N–H and O–H groups in total. The van der Waals surface area contributed by atoms with E-state index in [1.807, 2.05) is 0 Å². The van der Waals surface area contributed by atoms with Gasteiger partial charge in [0.05, 0.1) is 5.92 Å². The number of carbonyl (C=O) groups excluding carboxylic acids is 1. The van der Waals surface area contributed by atoms with Crippen molar-refractivity contribution < 1.29 is 14.7 Å². The number of allylic oxidation sites excluding steroid dienone is 2. The molecule has 0 heterocycles. The van der Waals surface area contributed by atoms with Crippen LogP contribution >= 0.6 is 0 Å². The molecule has 4 fully saturated rings. The molecule has 0 spiro atoms. The van der Waals surface area contributed by atoms with E-state index in [4.69, 9.17) is 0 Å². The van der Waals surface area contributed by atoms with Gasteiger partial charge in [-0.15, -0.1) is 0 Å². The first-order valence-corrected chi connectivity index (χ1v) is 13.3. The van der Waals surface area contributed by atoms with E-state index in [9.17, 15) is 14.7 Å². The van der Waals surface area contributed by atoms with Crippen LogP contribution in [0.3, 0.4) is 0 Å². The Morgan fingerprint density at radius 3 is 2.34 bits per heavy atom. The molecule has 178 valence electrons. The van der Waals surface area contributed by atoms with Gasteiger partial charge in [-0.3, -0.25) is 9.59 Å². The van der Waals surface area contributed by atoms with E-state index < -0.39 is 5.97 Å². The van der Waals surface area contributed by atoms with E-state index in [0.717, 1.165) is 44.9 Å². The molecule has 5 aliphatic carbocycles. The Kier molecular flexibility index (Phi) is 4.92. The second-order valence-corrected chi connectivity index (χ2v) is 14.2. The molecule has 0 aromatic heterocycles. The van der Waals surface area contributed by atoms with Crippen LogP contribution in [0.4, 0.5) is 0 Å². The first-order valence-electron chi connectivity index (χ1n) is 13.3. The number of hydrogen-bond donors (Lipinski definition) is 1. The summed E-state index contributed by atoms with van der Waals surface area (Å²) < 4.78 is 0. The number of carboxylic acid groups (broad SMARTS) is 1. The third-order valence-electron chi connectivity index (χ3n) is 11.7. The monoisotopic (exact) mass is 440 g/mol. The largest absolute Gasteiger partial charge is 0.481 e. The zero-order valence-corrected chi connectivity index (χ0v) is 21.2. The fourth-order valence-corrected chi connectivity index (χ4v) is 10.3. The average Bonchev–Trinajstić information content (AvgIpc) is 2.69. The number of fused-ring (bicyclic) bond motifs is 7. The second-order valence-electron chi connectivity index (χ2n) is 14.2. The first kappa shape index (κ1) is 22.7. The summed E-state index contributed by atoms with van der Waals surface area (Å²) in [5.41, 5.74) is 2.06. The Bertz CT molecular complexity index is 866. The minimum atomic E-state index is -0.575. The van der Waals surface area contributed by atoms with Crippen molar-refractivity contribution in [3.8, 4) is 0 Å². The lowest BCUT2D eigenvalue weighted by molar-refractivity contribution is -0.169. The molecule has 0 aliphatic heterocycles. The average molecular weight is 441 g/mol. The maximum atomic E-state index is 12.8. The molecular weight excluding hydrogens is 396 g/mol. The lowest BCUT2D eigenvalue weighted by Crippen LogP contribution is -2.60. The van der Waals surface area contributed by atoms with Gasteiger partial charge in [-0.05, 0) is 97.2 Å². The van der Waals surface area contributed by atoms with Gasteiger partial charge in [-0.1, -0.05) is 53.2 Å². The van der Waals surface area contributed by atoms with E-state index in [2.05, 4.69) is 47.6 Å². The number of Topliss-reactive ketones (excluding diaryl/α,β-unsaturated/α-hetero) is 1. The van der Waals surface area contributed by atoms with E-state index >= 15 is 0 Å². The van der Waals surface area contributed by atoms with Crippen LogP contribution in [0.25, 0.3) is 0 Å². The fraction of sp³-hybridized carbons (Fsp3) is 0.862. The Balaban J connectivity index is 1.52. The lowest BCUT2D eigenvalue weighted by Gasteiger charge is -2.66. The van der Waals surface area contributed by atoms with Crippen molar-refractivity contribution in [2.75, 3.05) is 0 Å². The third kappa shape index (κ3) is 2.97. The number of carboxylic acids is 1. The van der Waals surface area contributed by atoms with Crippen molar-refractivity contribution in [1.29, 1.82) is 0 Å². The number of aliphatic carboxylic acids is 1. The highest BCUT2D eigenvalue weighted by atomic mass is 16.4. The maximum absolute atomic E-state index is 12.8. The molecule has 5 unspecified atom stereocenters.